The van der Waals surface area contributed by atoms with E-state index in [1.165, 1.54) is 11.8 Å². The summed E-state index contributed by atoms with van der Waals surface area (Å²) in [5.74, 6) is 2.72. The summed E-state index contributed by atoms with van der Waals surface area (Å²) in [6, 6.07) is 7.88. The van der Waals surface area contributed by atoms with Crippen molar-refractivity contribution in [3.05, 3.63) is 52.6 Å². The Morgan fingerprint density at radius 1 is 1.09 bits per heavy atom. The molecule has 9 nitrogen and oxygen atoms in total. The van der Waals surface area contributed by atoms with E-state index >= 15 is 0 Å². The SMILES string of the molecule is O=c1c2cnc3nc(SCc4ccc5c(c4)OCCCO5)nn3c2ccn1CC1CCCO1. The molecule has 1 aromatic carbocycles. The van der Waals surface area contributed by atoms with Crippen LogP contribution in [0.1, 0.15) is 24.8 Å². The summed E-state index contributed by atoms with van der Waals surface area (Å²) < 4.78 is 20.5. The maximum absolute atomic E-state index is 13.0. The predicted molar refractivity (Wildman–Crippen MR) is 123 cm³/mol. The van der Waals surface area contributed by atoms with Crippen LogP contribution in [-0.4, -0.2) is 50.1 Å². The van der Waals surface area contributed by atoms with Gasteiger partial charge in [0.05, 0.1) is 36.8 Å². The van der Waals surface area contributed by atoms with Crippen molar-refractivity contribution in [3.8, 4) is 11.5 Å². The molecule has 0 aliphatic carbocycles. The fourth-order valence-corrected chi connectivity index (χ4v) is 4.96. The normalized spacial score (nSPS) is 18.1. The zero-order chi connectivity index (χ0) is 22.2. The highest BCUT2D eigenvalue weighted by atomic mass is 32.2. The Bertz CT molecular complexity index is 1380. The van der Waals surface area contributed by atoms with E-state index < -0.39 is 0 Å². The van der Waals surface area contributed by atoms with Gasteiger partial charge >= 0.3 is 0 Å². The third kappa shape index (κ3) is 4.04. The van der Waals surface area contributed by atoms with E-state index in [9.17, 15) is 4.79 Å². The molecule has 0 N–H and O–H groups in total. The smallest absolute Gasteiger partial charge is 0.261 e. The van der Waals surface area contributed by atoms with Gasteiger partial charge in [-0.1, -0.05) is 17.8 Å². The van der Waals surface area contributed by atoms with Crippen LogP contribution in [0.4, 0.5) is 0 Å². The molecular weight excluding hydrogens is 442 g/mol. The molecule has 33 heavy (non-hydrogen) atoms. The van der Waals surface area contributed by atoms with Crippen LogP contribution < -0.4 is 15.0 Å². The number of nitrogens with zero attached hydrogens (tertiary/aromatic N) is 5. The molecule has 3 aromatic heterocycles. The number of benzene rings is 1. The van der Waals surface area contributed by atoms with Crippen LogP contribution in [0.15, 0.2) is 46.6 Å². The molecule has 2 aliphatic heterocycles. The van der Waals surface area contributed by atoms with Crippen LogP contribution in [0.25, 0.3) is 16.7 Å². The Kier molecular flexibility index (Phi) is 5.39. The summed E-state index contributed by atoms with van der Waals surface area (Å²) in [4.78, 5) is 21.9. The summed E-state index contributed by atoms with van der Waals surface area (Å²) in [5.41, 5.74) is 1.70. The summed E-state index contributed by atoms with van der Waals surface area (Å²) in [6.45, 7) is 2.65. The zero-order valence-electron chi connectivity index (χ0n) is 18.0. The van der Waals surface area contributed by atoms with Gasteiger partial charge in [0.2, 0.25) is 5.16 Å². The third-order valence-corrected chi connectivity index (χ3v) is 6.80. The molecular formula is C23H23N5O4S. The lowest BCUT2D eigenvalue weighted by molar-refractivity contribution is 0.0963. The molecule has 4 aromatic rings. The van der Waals surface area contributed by atoms with Crippen LogP contribution in [0.5, 0.6) is 11.5 Å². The number of ether oxygens (including phenoxy) is 3. The number of rotatable bonds is 5. The minimum Gasteiger partial charge on any atom is -0.490 e. The summed E-state index contributed by atoms with van der Waals surface area (Å²) in [5, 5.41) is 5.73. The number of hydrogen-bond donors (Lipinski definition) is 0. The molecule has 1 fully saturated rings. The Morgan fingerprint density at radius 2 is 2.00 bits per heavy atom. The van der Waals surface area contributed by atoms with Gasteiger partial charge in [0.25, 0.3) is 11.3 Å². The standard InChI is InChI=1S/C23H23N5O4S/c29-21-17-12-24-22-25-23(33-14-15-4-5-19-20(11-15)32-10-2-9-31-19)26-28(22)18(17)6-7-27(21)13-16-3-1-8-30-16/h4-7,11-12,16H,1-3,8-10,13-14H2. The number of pyridine rings is 1. The monoisotopic (exact) mass is 465 g/mol. The molecule has 0 amide bonds. The molecule has 10 heteroatoms. The van der Waals surface area contributed by atoms with Gasteiger partial charge in [-0.2, -0.15) is 9.50 Å². The number of hydrogen-bond acceptors (Lipinski definition) is 8. The van der Waals surface area contributed by atoms with Crippen LogP contribution in [0, 0.1) is 0 Å². The molecule has 0 saturated carbocycles. The Hall–Kier alpha value is -3.11. The molecule has 5 heterocycles. The van der Waals surface area contributed by atoms with Gasteiger partial charge in [-0.25, -0.2) is 4.98 Å². The second-order valence-electron chi connectivity index (χ2n) is 8.19. The average Bonchev–Trinajstić information content (AvgIpc) is 3.44. The van der Waals surface area contributed by atoms with E-state index in [2.05, 4.69) is 15.1 Å². The van der Waals surface area contributed by atoms with Crippen LogP contribution >= 0.6 is 11.8 Å². The van der Waals surface area contributed by atoms with Crippen LogP contribution in [-0.2, 0) is 17.0 Å². The van der Waals surface area contributed by atoms with Gasteiger partial charge < -0.3 is 18.8 Å². The van der Waals surface area contributed by atoms with Crippen molar-refractivity contribution in [2.75, 3.05) is 19.8 Å². The lowest BCUT2D eigenvalue weighted by atomic mass is 10.2. The topological polar surface area (TPSA) is 92.8 Å². The maximum Gasteiger partial charge on any atom is 0.261 e. The summed E-state index contributed by atoms with van der Waals surface area (Å²) in [7, 11) is 0. The Balaban J connectivity index is 1.24. The van der Waals surface area contributed by atoms with E-state index in [1.54, 1.807) is 21.5 Å². The minimum absolute atomic E-state index is 0.0886. The highest BCUT2D eigenvalue weighted by Gasteiger charge is 2.18. The molecule has 170 valence electrons. The minimum atomic E-state index is -0.0886. The van der Waals surface area contributed by atoms with Gasteiger partial charge in [-0.15, -0.1) is 5.10 Å². The van der Waals surface area contributed by atoms with Gasteiger partial charge in [0.1, 0.15) is 0 Å². The third-order valence-electron chi connectivity index (χ3n) is 5.89. The maximum atomic E-state index is 13.0. The van der Waals surface area contributed by atoms with Crippen molar-refractivity contribution in [2.45, 2.75) is 42.8 Å². The molecule has 6 rings (SSSR count). The highest BCUT2D eigenvalue weighted by molar-refractivity contribution is 7.98. The van der Waals surface area contributed by atoms with Crippen molar-refractivity contribution >= 4 is 28.4 Å². The van der Waals surface area contributed by atoms with E-state index in [4.69, 9.17) is 14.2 Å². The van der Waals surface area contributed by atoms with Crippen molar-refractivity contribution in [1.29, 1.82) is 0 Å². The van der Waals surface area contributed by atoms with Crippen LogP contribution in [0.3, 0.4) is 0 Å². The summed E-state index contributed by atoms with van der Waals surface area (Å²) in [6.07, 6.45) is 6.39. The first-order valence-electron chi connectivity index (χ1n) is 11.1. The quantitative estimate of drug-likeness (QED) is 0.415. The molecule has 0 bridgehead atoms. The van der Waals surface area contributed by atoms with Gasteiger partial charge in [-0.05, 0) is 36.6 Å². The van der Waals surface area contributed by atoms with Gasteiger partial charge in [0, 0.05) is 31.2 Å². The number of thioether (sulfide) groups is 1. The van der Waals surface area contributed by atoms with E-state index in [0.717, 1.165) is 42.9 Å². The van der Waals surface area contributed by atoms with Crippen molar-refractivity contribution in [2.24, 2.45) is 0 Å². The van der Waals surface area contributed by atoms with Crippen molar-refractivity contribution in [3.63, 3.8) is 0 Å². The fourth-order valence-electron chi connectivity index (χ4n) is 4.20. The molecule has 1 saturated heterocycles. The first-order valence-corrected chi connectivity index (χ1v) is 12.1. The molecule has 0 spiro atoms. The molecule has 1 unspecified atom stereocenters. The highest BCUT2D eigenvalue weighted by Crippen LogP contribution is 2.32. The Morgan fingerprint density at radius 3 is 2.88 bits per heavy atom. The number of fused-ring (bicyclic) bond motifs is 4. The van der Waals surface area contributed by atoms with E-state index in [-0.39, 0.29) is 11.7 Å². The van der Waals surface area contributed by atoms with Gasteiger partial charge in [0.15, 0.2) is 11.5 Å². The molecule has 1 atom stereocenters. The van der Waals surface area contributed by atoms with Gasteiger partial charge in [-0.3, -0.25) is 4.79 Å². The van der Waals surface area contributed by atoms with Crippen LogP contribution in [0.2, 0.25) is 0 Å². The lowest BCUT2D eigenvalue weighted by Crippen LogP contribution is -2.26. The molecule has 2 aliphatic rings. The van der Waals surface area contributed by atoms with Crippen molar-refractivity contribution < 1.29 is 14.2 Å². The first-order chi connectivity index (χ1) is 16.2. The van der Waals surface area contributed by atoms with E-state index in [0.29, 0.717) is 47.3 Å². The second-order valence-corrected chi connectivity index (χ2v) is 9.13. The van der Waals surface area contributed by atoms with E-state index in [1.807, 2.05) is 24.3 Å². The number of aromatic nitrogens is 5. The fraction of sp³-hybridized carbons (Fsp3) is 0.391. The zero-order valence-corrected chi connectivity index (χ0v) is 18.8. The molecule has 0 radical (unpaired) electrons. The second kappa shape index (κ2) is 8.68. The largest absolute Gasteiger partial charge is 0.490 e. The predicted octanol–water partition coefficient (Wildman–Crippen LogP) is 3.07. The lowest BCUT2D eigenvalue weighted by Gasteiger charge is -2.12. The van der Waals surface area contributed by atoms with Crippen molar-refractivity contribution in [1.82, 2.24) is 24.1 Å². The average molecular weight is 466 g/mol. The first kappa shape index (κ1) is 20.5. The Labute approximate surface area is 193 Å². The summed E-state index contributed by atoms with van der Waals surface area (Å²) >= 11 is 1.51.